The van der Waals surface area contributed by atoms with Gasteiger partial charge in [0.2, 0.25) is 0 Å². The largest absolute Gasteiger partial charge is 0.373 e. The maximum Gasteiger partial charge on any atom is 0.0872 e. The van der Waals surface area contributed by atoms with Crippen LogP contribution in [0.25, 0.3) is 0 Å². The second kappa shape index (κ2) is 3.61. The lowest BCUT2D eigenvalue weighted by Crippen LogP contribution is -2.30. The van der Waals surface area contributed by atoms with Gasteiger partial charge in [0.25, 0.3) is 0 Å². The zero-order valence-corrected chi connectivity index (χ0v) is 8.78. The van der Waals surface area contributed by atoms with Crippen molar-refractivity contribution in [1.82, 2.24) is 10.2 Å². The first-order chi connectivity index (χ1) is 7.34. The normalized spacial score (nSPS) is 31.8. The number of nitrogens with one attached hydrogen (secondary N) is 1. The lowest BCUT2D eigenvalue weighted by Gasteiger charge is -2.27. The molecule has 1 aromatic heterocycles. The molecular formula is C11H17N3O. The smallest absolute Gasteiger partial charge is 0.0872 e. The van der Waals surface area contributed by atoms with Crippen molar-refractivity contribution in [3.8, 4) is 0 Å². The van der Waals surface area contributed by atoms with Crippen molar-refractivity contribution in [2.45, 2.75) is 43.7 Å². The third kappa shape index (κ3) is 1.79. The standard InChI is InChI=1S/C11H17N3O/c12-8-3-4-15-10(5-8)9-6-13-14-11(9)7-1-2-7/h6-8,10H,1-5,12H2,(H,13,14). The van der Waals surface area contributed by atoms with Gasteiger partial charge in [-0.1, -0.05) is 0 Å². The third-order valence-electron chi connectivity index (χ3n) is 3.36. The fraction of sp³-hybridized carbons (Fsp3) is 0.727. The molecule has 15 heavy (non-hydrogen) atoms. The first kappa shape index (κ1) is 9.36. The van der Waals surface area contributed by atoms with Crippen LogP contribution in [0.5, 0.6) is 0 Å². The van der Waals surface area contributed by atoms with E-state index in [0.29, 0.717) is 5.92 Å². The van der Waals surface area contributed by atoms with E-state index in [0.717, 1.165) is 19.4 Å². The molecule has 82 valence electrons. The number of nitrogens with zero attached hydrogens (tertiary/aromatic N) is 1. The van der Waals surface area contributed by atoms with Gasteiger partial charge in [-0.2, -0.15) is 5.10 Å². The number of hydrogen-bond acceptors (Lipinski definition) is 3. The molecule has 3 rings (SSSR count). The number of hydrogen-bond donors (Lipinski definition) is 2. The fourth-order valence-corrected chi connectivity index (χ4v) is 2.30. The van der Waals surface area contributed by atoms with Crippen molar-refractivity contribution in [3.63, 3.8) is 0 Å². The highest BCUT2D eigenvalue weighted by Gasteiger charge is 2.32. The summed E-state index contributed by atoms with van der Waals surface area (Å²) >= 11 is 0. The lowest BCUT2D eigenvalue weighted by molar-refractivity contribution is 0.00618. The van der Waals surface area contributed by atoms with Crippen LogP contribution < -0.4 is 5.73 Å². The predicted octanol–water partition coefficient (Wildman–Crippen LogP) is 1.47. The number of aromatic amines is 1. The van der Waals surface area contributed by atoms with Crippen LogP contribution >= 0.6 is 0 Å². The van der Waals surface area contributed by atoms with E-state index in [1.807, 2.05) is 6.20 Å². The van der Waals surface area contributed by atoms with Gasteiger partial charge >= 0.3 is 0 Å². The molecule has 0 radical (unpaired) electrons. The lowest BCUT2D eigenvalue weighted by atomic mass is 9.97. The zero-order valence-electron chi connectivity index (χ0n) is 8.78. The second-order valence-electron chi connectivity index (χ2n) is 4.66. The Balaban J connectivity index is 1.81. The highest BCUT2D eigenvalue weighted by molar-refractivity contribution is 5.27. The summed E-state index contributed by atoms with van der Waals surface area (Å²) in [7, 11) is 0. The van der Waals surface area contributed by atoms with Gasteiger partial charge in [0.05, 0.1) is 12.3 Å². The molecule has 1 aromatic rings. The fourth-order valence-electron chi connectivity index (χ4n) is 2.30. The monoisotopic (exact) mass is 207 g/mol. The van der Waals surface area contributed by atoms with Crippen LogP contribution in [0.15, 0.2) is 6.20 Å². The summed E-state index contributed by atoms with van der Waals surface area (Å²) in [6, 6.07) is 0.283. The minimum absolute atomic E-state index is 0.170. The average molecular weight is 207 g/mol. The quantitative estimate of drug-likeness (QED) is 0.771. The molecular weight excluding hydrogens is 190 g/mol. The maximum atomic E-state index is 5.96. The van der Waals surface area contributed by atoms with Crippen LogP contribution in [0.3, 0.4) is 0 Å². The highest BCUT2D eigenvalue weighted by atomic mass is 16.5. The molecule has 0 aromatic carbocycles. The molecule has 0 amide bonds. The molecule has 4 nitrogen and oxygen atoms in total. The van der Waals surface area contributed by atoms with E-state index in [2.05, 4.69) is 10.2 Å². The van der Waals surface area contributed by atoms with Gasteiger partial charge in [0.1, 0.15) is 0 Å². The van der Waals surface area contributed by atoms with Gasteiger partial charge in [-0.3, -0.25) is 5.10 Å². The molecule has 2 unspecified atom stereocenters. The average Bonchev–Trinajstić information content (AvgIpc) is 2.96. The second-order valence-corrected chi connectivity index (χ2v) is 4.66. The van der Waals surface area contributed by atoms with Gasteiger partial charge in [-0.05, 0) is 25.7 Å². The topological polar surface area (TPSA) is 63.9 Å². The molecule has 2 atom stereocenters. The molecule has 0 spiro atoms. The van der Waals surface area contributed by atoms with Crippen molar-refractivity contribution < 1.29 is 4.74 Å². The van der Waals surface area contributed by atoms with Gasteiger partial charge < -0.3 is 10.5 Å². The number of H-pyrrole nitrogens is 1. The first-order valence-electron chi connectivity index (χ1n) is 5.75. The number of aromatic nitrogens is 2. The van der Waals surface area contributed by atoms with Crippen LogP contribution in [-0.2, 0) is 4.74 Å². The predicted molar refractivity (Wildman–Crippen MR) is 56.5 cm³/mol. The Kier molecular flexibility index (Phi) is 2.25. The Morgan fingerprint density at radius 3 is 3.00 bits per heavy atom. The third-order valence-corrected chi connectivity index (χ3v) is 3.36. The molecule has 2 fully saturated rings. The van der Waals surface area contributed by atoms with Crippen LogP contribution in [0.2, 0.25) is 0 Å². The van der Waals surface area contributed by atoms with Crippen molar-refractivity contribution in [1.29, 1.82) is 0 Å². The Morgan fingerprint density at radius 1 is 1.40 bits per heavy atom. The molecule has 0 bridgehead atoms. The van der Waals surface area contributed by atoms with Crippen molar-refractivity contribution >= 4 is 0 Å². The van der Waals surface area contributed by atoms with Gasteiger partial charge in [0, 0.05) is 29.8 Å². The molecule has 1 saturated carbocycles. The number of nitrogens with two attached hydrogens (primary N) is 1. The van der Waals surface area contributed by atoms with E-state index in [9.17, 15) is 0 Å². The first-order valence-corrected chi connectivity index (χ1v) is 5.75. The summed E-state index contributed by atoms with van der Waals surface area (Å²) in [6.45, 7) is 0.779. The maximum absolute atomic E-state index is 5.96. The Labute approximate surface area is 89.2 Å². The molecule has 1 aliphatic heterocycles. The van der Waals surface area contributed by atoms with Crippen LogP contribution in [0.1, 0.15) is 49.0 Å². The Morgan fingerprint density at radius 2 is 2.27 bits per heavy atom. The molecule has 1 aliphatic carbocycles. The minimum atomic E-state index is 0.170. The number of ether oxygens (including phenoxy) is 1. The van der Waals surface area contributed by atoms with E-state index in [-0.39, 0.29) is 12.1 Å². The SMILES string of the molecule is NC1CCOC(c2cn[nH]c2C2CC2)C1. The Hall–Kier alpha value is -0.870. The van der Waals surface area contributed by atoms with Crippen LogP contribution in [0.4, 0.5) is 0 Å². The summed E-state index contributed by atoms with van der Waals surface area (Å²) in [6.07, 6.45) is 6.56. The van der Waals surface area contributed by atoms with Crippen LogP contribution in [-0.4, -0.2) is 22.8 Å². The Bertz CT molecular complexity index is 345. The molecule has 1 saturated heterocycles. The zero-order chi connectivity index (χ0) is 10.3. The summed E-state index contributed by atoms with van der Waals surface area (Å²) in [5.74, 6) is 0.698. The van der Waals surface area contributed by atoms with E-state index in [1.54, 1.807) is 0 Å². The van der Waals surface area contributed by atoms with E-state index in [1.165, 1.54) is 24.1 Å². The number of rotatable bonds is 2. The van der Waals surface area contributed by atoms with Crippen molar-refractivity contribution in [3.05, 3.63) is 17.5 Å². The van der Waals surface area contributed by atoms with E-state index < -0.39 is 0 Å². The summed E-state index contributed by atoms with van der Waals surface area (Å²) < 4.78 is 5.77. The summed E-state index contributed by atoms with van der Waals surface area (Å²) in [5.41, 5.74) is 8.49. The molecule has 4 heteroatoms. The molecule has 2 heterocycles. The summed E-state index contributed by atoms with van der Waals surface area (Å²) in [5, 5.41) is 7.25. The van der Waals surface area contributed by atoms with E-state index in [4.69, 9.17) is 10.5 Å². The van der Waals surface area contributed by atoms with Gasteiger partial charge in [-0.25, -0.2) is 0 Å². The van der Waals surface area contributed by atoms with Crippen molar-refractivity contribution in [2.75, 3.05) is 6.61 Å². The molecule has 3 N–H and O–H groups in total. The highest BCUT2D eigenvalue weighted by Crippen LogP contribution is 2.43. The van der Waals surface area contributed by atoms with Gasteiger partial charge in [0.15, 0.2) is 0 Å². The molecule has 2 aliphatic rings. The van der Waals surface area contributed by atoms with Crippen molar-refractivity contribution in [2.24, 2.45) is 5.73 Å². The van der Waals surface area contributed by atoms with Gasteiger partial charge in [-0.15, -0.1) is 0 Å². The summed E-state index contributed by atoms with van der Waals surface area (Å²) in [4.78, 5) is 0. The van der Waals surface area contributed by atoms with E-state index >= 15 is 0 Å². The minimum Gasteiger partial charge on any atom is -0.373 e. The van der Waals surface area contributed by atoms with Crippen LogP contribution in [0, 0.1) is 0 Å².